The number of fused-ring (bicyclic) bond motifs is 1. The van der Waals surface area contributed by atoms with Crippen LogP contribution in [-0.4, -0.2) is 127 Å². The van der Waals surface area contributed by atoms with E-state index in [2.05, 4.69) is 44.1 Å². The number of nitrogens with one attached hydrogen (secondary N) is 5. The first-order chi connectivity index (χ1) is 36.4. The van der Waals surface area contributed by atoms with E-state index in [1.807, 2.05) is 20.8 Å². The maximum Gasteiger partial charge on any atom is 0.264 e. The highest BCUT2D eigenvalue weighted by Crippen LogP contribution is 2.44. The number of likely N-dealkylation sites (tertiary alicyclic amines) is 2. The van der Waals surface area contributed by atoms with Gasteiger partial charge in [-0.2, -0.15) is 0 Å². The normalized spacial score (nSPS) is 19.7. The van der Waals surface area contributed by atoms with E-state index in [9.17, 15) is 46.0 Å². The van der Waals surface area contributed by atoms with Crippen LogP contribution in [0.15, 0.2) is 53.4 Å². The molecule has 77 heavy (non-hydrogen) atoms. The Kier molecular flexibility index (Phi) is 20.1. The molecule has 9 N–H and O–H groups in total. The third kappa shape index (κ3) is 14.6. The molecule has 4 aliphatic rings. The molecule has 2 aromatic carbocycles. The Morgan fingerprint density at radius 2 is 1.44 bits per heavy atom. The third-order valence-corrected chi connectivity index (χ3v) is 16.8. The molecule has 6 rings (SSSR count). The van der Waals surface area contributed by atoms with E-state index in [0.717, 1.165) is 17.7 Å². The lowest BCUT2D eigenvalue weighted by Crippen LogP contribution is -2.67. The number of ether oxygens (including phenoxy) is 1. The van der Waals surface area contributed by atoms with E-state index < -0.39 is 92.5 Å². The van der Waals surface area contributed by atoms with Crippen molar-refractivity contribution in [3.05, 3.63) is 83.0 Å². The molecule has 3 heterocycles. The largest absolute Gasteiger partial charge is 0.487 e. The number of allylic oxidation sites excluding steroid dienone is 2. The number of carbonyl (C=O) groups is 6. The van der Waals surface area contributed by atoms with Gasteiger partial charge in [0.2, 0.25) is 41.4 Å². The van der Waals surface area contributed by atoms with Crippen LogP contribution in [0.1, 0.15) is 132 Å². The van der Waals surface area contributed by atoms with Crippen LogP contribution < -0.4 is 42.2 Å². The summed E-state index contributed by atoms with van der Waals surface area (Å²) < 4.78 is 65.1. The summed E-state index contributed by atoms with van der Waals surface area (Å²) in [6, 6.07) is -2.67. The molecular weight excluding hydrogens is 1010 g/mol. The fraction of sp³-hybridized carbons (Fsp3) is 0.582. The van der Waals surface area contributed by atoms with Gasteiger partial charge in [-0.1, -0.05) is 12.2 Å². The van der Waals surface area contributed by atoms with Crippen LogP contribution in [0.2, 0.25) is 0 Å². The number of halogens is 2. The van der Waals surface area contributed by atoms with Gasteiger partial charge < -0.3 is 47.3 Å². The molecule has 0 bridgehead atoms. The lowest BCUT2D eigenvalue weighted by atomic mass is 9.75. The highest BCUT2D eigenvalue weighted by molar-refractivity contribution is 7.90. The topological polar surface area (TPSA) is 277 Å². The standard InChI is InChI=1S/C55H78F2N10O9S/c1-8-10-12-18-40(58)47(68)62-42(30-36-28-37(56)31-38(57)29-36)51(72)67-27-16-21-44(67)49(70)64-55(22-17-23-55)52(73)63-41(50(71)66-26-15-20-43(66)48(69)60-24-13-11-9-2)19-14-25-61-53(59)65-77(74,75)46-34(4)33(3)45-39(35(46)5)32-54(6,7)76-45/h8-9,28-29,31,40-44H,1-2,10-27,30,32,58H2,3-7H3,(H,60,69)(H,62,68)(H,63,73)(H,64,70)(H3,59,61,65)/t40-,41-,42-,43-,44-/m0/s1. The number of hydrogen-bond donors (Lipinski definition) is 7. The van der Waals surface area contributed by atoms with E-state index in [-0.39, 0.29) is 86.9 Å². The third-order valence-electron chi connectivity index (χ3n) is 15.1. The number of aliphatic imine (C=N–C) groups is 1. The second-order valence-electron chi connectivity index (χ2n) is 21.5. The zero-order chi connectivity index (χ0) is 56.4. The van der Waals surface area contributed by atoms with Crippen molar-refractivity contribution < 1.29 is 50.7 Å². The number of amides is 6. The van der Waals surface area contributed by atoms with Gasteiger partial charge in [-0.05, 0) is 159 Å². The lowest BCUT2D eigenvalue weighted by molar-refractivity contribution is -0.146. The zero-order valence-corrected chi connectivity index (χ0v) is 46.0. The van der Waals surface area contributed by atoms with Crippen LogP contribution in [0.3, 0.4) is 0 Å². The van der Waals surface area contributed by atoms with E-state index in [1.165, 1.54) is 9.80 Å². The molecule has 0 aromatic heterocycles. The van der Waals surface area contributed by atoms with Gasteiger partial charge in [-0.25, -0.2) is 21.9 Å². The smallest absolute Gasteiger partial charge is 0.264 e. The summed E-state index contributed by atoms with van der Waals surface area (Å²) in [5.41, 5.74) is 13.0. The number of carbonyl (C=O) groups excluding carboxylic acids is 6. The van der Waals surface area contributed by atoms with Gasteiger partial charge in [-0.3, -0.25) is 33.8 Å². The van der Waals surface area contributed by atoms with Crippen molar-refractivity contribution in [2.24, 2.45) is 16.5 Å². The van der Waals surface area contributed by atoms with Crippen LogP contribution in [0.4, 0.5) is 8.78 Å². The van der Waals surface area contributed by atoms with Crippen LogP contribution >= 0.6 is 0 Å². The van der Waals surface area contributed by atoms with Crippen molar-refractivity contribution in [2.45, 2.75) is 184 Å². The number of hydrogen-bond acceptors (Lipinski definition) is 11. The molecule has 0 unspecified atom stereocenters. The van der Waals surface area contributed by atoms with Crippen molar-refractivity contribution in [1.29, 1.82) is 0 Å². The molecule has 2 saturated heterocycles. The first-order valence-electron chi connectivity index (χ1n) is 26.8. The van der Waals surface area contributed by atoms with Gasteiger partial charge in [0.05, 0.1) is 10.9 Å². The Hall–Kier alpha value is -6.42. The van der Waals surface area contributed by atoms with Crippen LogP contribution in [0.25, 0.3) is 0 Å². The van der Waals surface area contributed by atoms with Gasteiger partial charge in [0.25, 0.3) is 10.0 Å². The number of unbranched alkanes of at least 4 members (excludes halogenated alkanes) is 2. The fourth-order valence-electron chi connectivity index (χ4n) is 10.8. The molecule has 3 aliphatic heterocycles. The Bertz CT molecular complexity index is 2710. The van der Waals surface area contributed by atoms with E-state index >= 15 is 0 Å². The number of sulfonamides is 1. The average molecular weight is 1090 g/mol. The Morgan fingerprint density at radius 3 is 2.05 bits per heavy atom. The number of nitrogens with two attached hydrogens (primary N) is 2. The molecule has 1 aliphatic carbocycles. The Morgan fingerprint density at radius 1 is 0.831 bits per heavy atom. The number of rotatable bonds is 25. The molecule has 5 atom stereocenters. The lowest BCUT2D eigenvalue weighted by Gasteiger charge is -2.43. The van der Waals surface area contributed by atoms with Crippen LogP contribution in [0, 0.1) is 32.4 Å². The maximum atomic E-state index is 14.6. The summed E-state index contributed by atoms with van der Waals surface area (Å²) in [6.45, 7) is 17.2. The van der Waals surface area contributed by atoms with E-state index in [4.69, 9.17) is 16.2 Å². The van der Waals surface area contributed by atoms with Gasteiger partial charge >= 0.3 is 0 Å². The van der Waals surface area contributed by atoms with Gasteiger partial charge in [0, 0.05) is 50.7 Å². The van der Waals surface area contributed by atoms with Crippen molar-refractivity contribution >= 4 is 51.4 Å². The second-order valence-corrected chi connectivity index (χ2v) is 23.1. The molecule has 0 radical (unpaired) electrons. The average Bonchev–Trinajstić information content (AvgIpc) is 4.19. The molecule has 22 heteroatoms. The monoisotopic (exact) mass is 1090 g/mol. The van der Waals surface area contributed by atoms with Crippen molar-refractivity contribution in [2.75, 3.05) is 26.2 Å². The number of nitrogens with zero attached hydrogens (tertiary/aromatic N) is 3. The van der Waals surface area contributed by atoms with Crippen molar-refractivity contribution in [3.63, 3.8) is 0 Å². The molecule has 422 valence electrons. The minimum atomic E-state index is -4.22. The van der Waals surface area contributed by atoms with Crippen molar-refractivity contribution in [3.8, 4) is 5.75 Å². The van der Waals surface area contributed by atoms with E-state index in [1.54, 1.807) is 26.0 Å². The summed E-state index contributed by atoms with van der Waals surface area (Å²) in [4.78, 5) is 91.9. The number of benzene rings is 2. The summed E-state index contributed by atoms with van der Waals surface area (Å²) >= 11 is 0. The molecule has 0 spiro atoms. The Balaban J connectivity index is 1.18. The molecule has 6 amide bonds. The van der Waals surface area contributed by atoms with Gasteiger partial charge in [0.15, 0.2) is 0 Å². The minimum Gasteiger partial charge on any atom is -0.487 e. The SMILES string of the molecule is C=CCCCNC(=O)[C@@H]1CCCN1C(=O)[C@H](CCCN=C(N)NS(=O)(=O)c1c(C)c(C)c2c(c1C)CC(C)(C)O2)NC(=O)C1(NC(=O)[C@@H]2CCCN2C(=O)[C@H](Cc2cc(F)cc(F)c2)NC(=O)[C@@H](N)CCCC=C)CCC1. The highest BCUT2D eigenvalue weighted by atomic mass is 32.2. The predicted molar refractivity (Wildman–Crippen MR) is 288 cm³/mol. The number of guanidine groups is 1. The minimum absolute atomic E-state index is 0.00847. The first kappa shape index (κ1) is 59.8. The maximum absolute atomic E-state index is 14.6. The van der Waals surface area contributed by atoms with E-state index in [0.29, 0.717) is 92.8 Å². The van der Waals surface area contributed by atoms with Gasteiger partial charge in [0.1, 0.15) is 52.7 Å². The molecular formula is C55H78F2N10O9S. The van der Waals surface area contributed by atoms with Crippen LogP contribution in [0.5, 0.6) is 5.75 Å². The summed E-state index contributed by atoms with van der Waals surface area (Å²) in [5.74, 6) is -4.95. The van der Waals surface area contributed by atoms with Crippen molar-refractivity contribution in [1.82, 2.24) is 35.8 Å². The molecule has 1 saturated carbocycles. The summed E-state index contributed by atoms with van der Waals surface area (Å²) in [6.07, 6.45) is 9.04. The second kappa shape index (κ2) is 25.8. The zero-order valence-electron chi connectivity index (χ0n) is 45.2. The highest BCUT2D eigenvalue weighted by Gasteiger charge is 2.50. The predicted octanol–water partition coefficient (Wildman–Crippen LogP) is 3.98. The van der Waals surface area contributed by atoms with Gasteiger partial charge in [-0.15, -0.1) is 13.2 Å². The quantitative estimate of drug-likeness (QED) is 0.0323. The summed E-state index contributed by atoms with van der Waals surface area (Å²) in [7, 11) is -4.22. The first-order valence-corrected chi connectivity index (χ1v) is 28.3. The summed E-state index contributed by atoms with van der Waals surface area (Å²) in [5, 5.41) is 11.3. The fourth-order valence-corrected chi connectivity index (χ4v) is 12.3. The Labute approximate surface area is 451 Å². The molecule has 2 aromatic rings. The molecule has 19 nitrogen and oxygen atoms in total. The van der Waals surface area contributed by atoms with Crippen LogP contribution in [-0.2, 0) is 51.6 Å². The molecule has 3 fully saturated rings.